The Balaban J connectivity index is 4.35. The molecule has 66 heavy (non-hydrogen) atoms. The van der Waals surface area contributed by atoms with Crippen LogP contribution in [0.5, 0.6) is 0 Å². The van der Waals surface area contributed by atoms with E-state index in [1.54, 1.807) is 0 Å². The summed E-state index contributed by atoms with van der Waals surface area (Å²) in [7, 11) is 0. The third-order valence-corrected chi connectivity index (χ3v) is 12.5. The number of esters is 3. The van der Waals surface area contributed by atoms with Crippen LogP contribution in [0.15, 0.2) is 48.6 Å². The standard InChI is InChI=1S/C60H108O6/c1-4-7-10-13-16-19-22-25-27-29-30-32-33-35-38-41-44-47-50-53-59(62)65-56-57(55-64-58(61)52-49-46-43-40-37-24-21-18-15-12-9-6-3)66-60(63)54-51-48-45-42-39-36-34-31-28-26-23-20-17-14-11-8-5-2/h17-18,20-21,26,28-30,57H,4-16,19,22-25,27,31-56H2,1-3H3/b20-17-,21-18-,28-26-,30-29-/t57-/m1/s1. The molecule has 6 nitrogen and oxygen atoms in total. The van der Waals surface area contributed by atoms with Gasteiger partial charge in [-0.25, -0.2) is 0 Å². The van der Waals surface area contributed by atoms with Crippen molar-refractivity contribution < 1.29 is 28.6 Å². The van der Waals surface area contributed by atoms with Crippen LogP contribution < -0.4 is 0 Å². The zero-order valence-electron chi connectivity index (χ0n) is 44.0. The molecule has 0 aliphatic carbocycles. The maximum absolute atomic E-state index is 12.8. The minimum absolute atomic E-state index is 0.0799. The molecule has 0 aromatic carbocycles. The predicted octanol–water partition coefficient (Wildman–Crippen LogP) is 19.0. The summed E-state index contributed by atoms with van der Waals surface area (Å²) in [5.74, 6) is -0.890. The van der Waals surface area contributed by atoms with Gasteiger partial charge in [-0.05, 0) is 103 Å². The maximum atomic E-state index is 12.8. The second-order valence-corrected chi connectivity index (χ2v) is 19.2. The molecule has 0 aliphatic heterocycles. The van der Waals surface area contributed by atoms with E-state index in [-0.39, 0.29) is 31.1 Å². The van der Waals surface area contributed by atoms with Crippen molar-refractivity contribution in [1.29, 1.82) is 0 Å². The summed E-state index contributed by atoms with van der Waals surface area (Å²) in [4.78, 5) is 38.1. The van der Waals surface area contributed by atoms with Gasteiger partial charge in [-0.3, -0.25) is 14.4 Å². The van der Waals surface area contributed by atoms with E-state index in [0.717, 1.165) is 77.0 Å². The first kappa shape index (κ1) is 63.4. The Hall–Kier alpha value is -2.63. The van der Waals surface area contributed by atoms with E-state index < -0.39 is 6.10 Å². The van der Waals surface area contributed by atoms with Gasteiger partial charge in [0.15, 0.2) is 6.10 Å². The van der Waals surface area contributed by atoms with Crippen molar-refractivity contribution >= 4 is 17.9 Å². The zero-order valence-corrected chi connectivity index (χ0v) is 44.0. The van der Waals surface area contributed by atoms with Crippen LogP contribution in [0, 0.1) is 0 Å². The molecular weight excluding hydrogens is 817 g/mol. The van der Waals surface area contributed by atoms with Gasteiger partial charge in [0.25, 0.3) is 0 Å². The molecule has 0 radical (unpaired) electrons. The average Bonchev–Trinajstić information content (AvgIpc) is 3.31. The summed E-state index contributed by atoms with van der Waals surface area (Å²) >= 11 is 0. The minimum Gasteiger partial charge on any atom is -0.462 e. The number of rotatable bonds is 52. The molecule has 0 aliphatic rings. The van der Waals surface area contributed by atoms with E-state index in [1.165, 1.54) is 180 Å². The monoisotopic (exact) mass is 925 g/mol. The third kappa shape index (κ3) is 52.3. The fraction of sp³-hybridized carbons (Fsp3) is 0.817. The highest BCUT2D eigenvalue weighted by molar-refractivity contribution is 5.71. The number of unbranched alkanes of at least 4 members (excludes halogenated alkanes) is 33. The molecule has 0 aromatic rings. The van der Waals surface area contributed by atoms with Crippen LogP contribution >= 0.6 is 0 Å². The van der Waals surface area contributed by atoms with Crippen molar-refractivity contribution in [3.63, 3.8) is 0 Å². The van der Waals surface area contributed by atoms with Crippen LogP contribution in [0.4, 0.5) is 0 Å². The highest BCUT2D eigenvalue weighted by Gasteiger charge is 2.19. The molecule has 0 amide bonds. The van der Waals surface area contributed by atoms with Crippen molar-refractivity contribution in [3.8, 4) is 0 Å². The lowest BCUT2D eigenvalue weighted by molar-refractivity contribution is -0.167. The van der Waals surface area contributed by atoms with Crippen LogP contribution in [0.3, 0.4) is 0 Å². The summed E-state index contributed by atoms with van der Waals surface area (Å²) in [5.41, 5.74) is 0. The number of carbonyl (C=O) groups is 3. The van der Waals surface area contributed by atoms with Gasteiger partial charge in [-0.15, -0.1) is 0 Å². The molecule has 0 aromatic heterocycles. The summed E-state index contributed by atoms with van der Waals surface area (Å²) in [6.45, 7) is 6.60. The van der Waals surface area contributed by atoms with Crippen molar-refractivity contribution in [3.05, 3.63) is 48.6 Å². The van der Waals surface area contributed by atoms with Crippen molar-refractivity contribution in [2.24, 2.45) is 0 Å². The topological polar surface area (TPSA) is 78.9 Å². The number of hydrogen-bond acceptors (Lipinski definition) is 6. The lowest BCUT2D eigenvalue weighted by Crippen LogP contribution is -2.30. The molecule has 0 saturated carbocycles. The molecule has 0 unspecified atom stereocenters. The molecular formula is C60H108O6. The smallest absolute Gasteiger partial charge is 0.306 e. The normalized spacial score (nSPS) is 12.3. The van der Waals surface area contributed by atoms with Crippen molar-refractivity contribution in [2.75, 3.05) is 13.2 Å². The Morgan fingerprint density at radius 2 is 0.545 bits per heavy atom. The van der Waals surface area contributed by atoms with E-state index in [0.29, 0.717) is 19.3 Å². The number of hydrogen-bond donors (Lipinski definition) is 0. The Morgan fingerprint density at radius 1 is 0.303 bits per heavy atom. The van der Waals surface area contributed by atoms with Gasteiger partial charge < -0.3 is 14.2 Å². The van der Waals surface area contributed by atoms with E-state index in [2.05, 4.69) is 69.4 Å². The fourth-order valence-corrected chi connectivity index (χ4v) is 8.17. The van der Waals surface area contributed by atoms with Crippen LogP contribution in [-0.2, 0) is 28.6 Å². The van der Waals surface area contributed by atoms with Gasteiger partial charge in [-0.2, -0.15) is 0 Å². The van der Waals surface area contributed by atoms with Gasteiger partial charge in [0.1, 0.15) is 13.2 Å². The van der Waals surface area contributed by atoms with E-state index >= 15 is 0 Å². The quantitative estimate of drug-likeness (QED) is 0.0262. The predicted molar refractivity (Wildman–Crippen MR) is 284 cm³/mol. The number of ether oxygens (including phenoxy) is 3. The Bertz CT molecular complexity index is 1150. The van der Waals surface area contributed by atoms with Crippen molar-refractivity contribution in [2.45, 2.75) is 303 Å². The molecule has 0 heterocycles. The Labute approximate surface area is 409 Å². The van der Waals surface area contributed by atoms with Crippen molar-refractivity contribution in [1.82, 2.24) is 0 Å². The first-order valence-electron chi connectivity index (χ1n) is 28.6. The van der Waals surface area contributed by atoms with E-state index in [4.69, 9.17) is 14.2 Å². The maximum Gasteiger partial charge on any atom is 0.306 e. The fourth-order valence-electron chi connectivity index (χ4n) is 8.17. The largest absolute Gasteiger partial charge is 0.462 e. The lowest BCUT2D eigenvalue weighted by Gasteiger charge is -2.18. The molecule has 384 valence electrons. The zero-order chi connectivity index (χ0) is 47.9. The van der Waals surface area contributed by atoms with Crippen LogP contribution in [0.25, 0.3) is 0 Å². The summed E-state index contributed by atoms with van der Waals surface area (Å²) in [5, 5.41) is 0. The van der Waals surface area contributed by atoms with Gasteiger partial charge >= 0.3 is 17.9 Å². The molecule has 0 spiro atoms. The number of carbonyl (C=O) groups excluding carboxylic acids is 3. The highest BCUT2D eigenvalue weighted by atomic mass is 16.6. The van der Waals surface area contributed by atoms with E-state index in [1.807, 2.05) is 0 Å². The van der Waals surface area contributed by atoms with Crippen LogP contribution in [0.2, 0.25) is 0 Å². The molecule has 0 bridgehead atoms. The van der Waals surface area contributed by atoms with Crippen LogP contribution in [-0.4, -0.2) is 37.2 Å². The Kier molecular flexibility index (Phi) is 52.8. The molecule has 0 saturated heterocycles. The average molecular weight is 926 g/mol. The number of allylic oxidation sites excluding steroid dienone is 8. The Morgan fingerprint density at radius 3 is 0.879 bits per heavy atom. The summed E-state index contributed by atoms with van der Waals surface area (Å²) < 4.78 is 16.8. The first-order valence-corrected chi connectivity index (χ1v) is 28.6. The molecule has 6 heteroatoms. The first-order chi connectivity index (χ1) is 32.5. The lowest BCUT2D eigenvalue weighted by atomic mass is 10.1. The molecule has 1 atom stereocenters. The molecule has 0 N–H and O–H groups in total. The third-order valence-electron chi connectivity index (χ3n) is 12.5. The van der Waals surface area contributed by atoms with Gasteiger partial charge in [0.05, 0.1) is 0 Å². The van der Waals surface area contributed by atoms with Crippen LogP contribution in [0.1, 0.15) is 297 Å². The SMILES string of the molecule is CCCCC/C=C\C/C=C\CCCCCCCCCC(=O)O[C@H](COC(=O)CCCCCCC/C=C\CCCCC)COC(=O)CCCCCCCCC/C=C\CCCCCCCCCC. The second-order valence-electron chi connectivity index (χ2n) is 19.2. The molecule has 0 rings (SSSR count). The van der Waals surface area contributed by atoms with Gasteiger partial charge in [0.2, 0.25) is 0 Å². The second kappa shape index (κ2) is 55.0. The van der Waals surface area contributed by atoms with Gasteiger partial charge in [-0.1, -0.05) is 223 Å². The summed E-state index contributed by atoms with van der Waals surface area (Å²) in [6.07, 6.45) is 66.7. The highest BCUT2D eigenvalue weighted by Crippen LogP contribution is 2.15. The molecule has 0 fully saturated rings. The van der Waals surface area contributed by atoms with E-state index in [9.17, 15) is 14.4 Å². The summed E-state index contributed by atoms with van der Waals surface area (Å²) in [6, 6.07) is 0. The minimum atomic E-state index is -0.781. The van der Waals surface area contributed by atoms with Gasteiger partial charge in [0, 0.05) is 19.3 Å².